The lowest BCUT2D eigenvalue weighted by Gasteiger charge is -2.17. The molecular weight excluding hydrogens is 414 g/mol. The largest absolute Gasteiger partial charge is 0.348 e. The van der Waals surface area contributed by atoms with Crippen LogP contribution in [-0.2, 0) is 22.6 Å². The molecule has 33 heavy (non-hydrogen) atoms. The fourth-order valence-electron chi connectivity index (χ4n) is 3.94. The average molecular weight is 442 g/mol. The molecule has 1 saturated heterocycles. The Labute approximate surface area is 193 Å². The summed E-state index contributed by atoms with van der Waals surface area (Å²) in [6, 6.07) is 24.4. The standard InChI is InChI=1S/C27H27N3O3/c1-2-19-12-14-22(15-13-19)30-18-21(16-25(30)31)26(32)29-24-11-7-6-10-23(24)27(33)28-17-20-8-4-3-5-9-20/h3-15,21H,2,16-18H2,1H3,(H,28,33)(H,29,32). The highest BCUT2D eigenvalue weighted by Crippen LogP contribution is 2.27. The van der Waals surface area contributed by atoms with Gasteiger partial charge in [-0.25, -0.2) is 0 Å². The molecule has 6 heteroatoms. The van der Waals surface area contributed by atoms with E-state index in [0.29, 0.717) is 24.3 Å². The van der Waals surface area contributed by atoms with Gasteiger partial charge in [-0.3, -0.25) is 14.4 Å². The lowest BCUT2D eigenvalue weighted by atomic mass is 10.1. The third kappa shape index (κ3) is 5.29. The number of para-hydroxylation sites is 1. The van der Waals surface area contributed by atoms with E-state index in [1.807, 2.05) is 54.6 Å². The van der Waals surface area contributed by atoms with Crippen molar-refractivity contribution in [2.24, 2.45) is 5.92 Å². The predicted molar refractivity (Wildman–Crippen MR) is 129 cm³/mol. The van der Waals surface area contributed by atoms with Crippen LogP contribution >= 0.6 is 0 Å². The maximum atomic E-state index is 13.0. The van der Waals surface area contributed by atoms with Crippen molar-refractivity contribution >= 4 is 29.1 Å². The van der Waals surface area contributed by atoms with Crippen molar-refractivity contribution in [3.63, 3.8) is 0 Å². The molecule has 1 fully saturated rings. The normalized spacial score (nSPS) is 15.4. The number of hydrogen-bond donors (Lipinski definition) is 2. The summed E-state index contributed by atoms with van der Waals surface area (Å²) in [7, 11) is 0. The van der Waals surface area contributed by atoms with Crippen LogP contribution in [0.2, 0.25) is 0 Å². The van der Waals surface area contributed by atoms with Gasteiger partial charge < -0.3 is 15.5 Å². The van der Waals surface area contributed by atoms with Crippen LogP contribution in [0.5, 0.6) is 0 Å². The molecule has 0 saturated carbocycles. The van der Waals surface area contributed by atoms with Crippen LogP contribution in [0.4, 0.5) is 11.4 Å². The Morgan fingerprint density at radius 2 is 1.61 bits per heavy atom. The topological polar surface area (TPSA) is 78.5 Å². The van der Waals surface area contributed by atoms with E-state index >= 15 is 0 Å². The summed E-state index contributed by atoms with van der Waals surface area (Å²) >= 11 is 0. The van der Waals surface area contributed by atoms with Crippen LogP contribution in [0.1, 0.15) is 34.8 Å². The summed E-state index contributed by atoms with van der Waals surface area (Å²) in [5.41, 5.74) is 3.81. The van der Waals surface area contributed by atoms with E-state index in [-0.39, 0.29) is 24.1 Å². The summed E-state index contributed by atoms with van der Waals surface area (Å²) in [6.07, 6.45) is 1.07. The molecule has 2 N–H and O–H groups in total. The highest BCUT2D eigenvalue weighted by molar-refractivity contribution is 6.07. The zero-order valence-electron chi connectivity index (χ0n) is 18.6. The summed E-state index contributed by atoms with van der Waals surface area (Å²) in [4.78, 5) is 40.0. The smallest absolute Gasteiger partial charge is 0.253 e. The zero-order valence-corrected chi connectivity index (χ0v) is 18.6. The van der Waals surface area contributed by atoms with Gasteiger partial charge in [0.15, 0.2) is 0 Å². The molecule has 1 aliphatic heterocycles. The molecule has 3 aromatic carbocycles. The molecule has 3 aromatic rings. The molecule has 6 nitrogen and oxygen atoms in total. The summed E-state index contributed by atoms with van der Waals surface area (Å²) in [5, 5.41) is 5.75. The van der Waals surface area contributed by atoms with Gasteiger partial charge >= 0.3 is 0 Å². The van der Waals surface area contributed by atoms with Crippen LogP contribution in [-0.4, -0.2) is 24.3 Å². The minimum atomic E-state index is -0.483. The highest BCUT2D eigenvalue weighted by Gasteiger charge is 2.35. The second-order valence-electron chi connectivity index (χ2n) is 8.13. The molecule has 1 aliphatic rings. The lowest BCUT2D eigenvalue weighted by molar-refractivity contribution is -0.122. The maximum absolute atomic E-state index is 13.0. The van der Waals surface area contributed by atoms with E-state index in [0.717, 1.165) is 17.7 Å². The van der Waals surface area contributed by atoms with Gasteiger partial charge in [0.05, 0.1) is 17.2 Å². The number of hydrogen-bond acceptors (Lipinski definition) is 3. The van der Waals surface area contributed by atoms with Crippen LogP contribution < -0.4 is 15.5 Å². The minimum absolute atomic E-state index is 0.0757. The van der Waals surface area contributed by atoms with E-state index in [1.165, 1.54) is 5.56 Å². The molecule has 1 atom stereocenters. The van der Waals surface area contributed by atoms with Gasteiger partial charge in [0, 0.05) is 25.2 Å². The van der Waals surface area contributed by atoms with Gasteiger partial charge in [-0.05, 0) is 41.8 Å². The first kappa shape index (κ1) is 22.3. The van der Waals surface area contributed by atoms with Gasteiger partial charge in [0.2, 0.25) is 11.8 Å². The van der Waals surface area contributed by atoms with Gasteiger partial charge in [-0.15, -0.1) is 0 Å². The average Bonchev–Trinajstić information content (AvgIpc) is 3.25. The van der Waals surface area contributed by atoms with Crippen molar-refractivity contribution in [2.45, 2.75) is 26.3 Å². The van der Waals surface area contributed by atoms with Crippen molar-refractivity contribution in [1.29, 1.82) is 0 Å². The van der Waals surface area contributed by atoms with Crippen LogP contribution in [0.3, 0.4) is 0 Å². The lowest BCUT2D eigenvalue weighted by Crippen LogP contribution is -2.29. The zero-order chi connectivity index (χ0) is 23.2. The van der Waals surface area contributed by atoms with Gasteiger partial charge in [0.1, 0.15) is 0 Å². The van der Waals surface area contributed by atoms with E-state index in [1.54, 1.807) is 29.2 Å². The van der Waals surface area contributed by atoms with Gasteiger partial charge in [-0.1, -0.05) is 61.5 Å². The second kappa shape index (κ2) is 10.1. The maximum Gasteiger partial charge on any atom is 0.253 e. The van der Waals surface area contributed by atoms with E-state index in [4.69, 9.17) is 0 Å². The van der Waals surface area contributed by atoms with Crippen molar-refractivity contribution in [3.05, 3.63) is 95.6 Å². The monoisotopic (exact) mass is 441 g/mol. The Kier molecular flexibility index (Phi) is 6.83. The van der Waals surface area contributed by atoms with E-state index in [2.05, 4.69) is 17.6 Å². The van der Waals surface area contributed by atoms with Gasteiger partial charge in [-0.2, -0.15) is 0 Å². The molecule has 0 bridgehead atoms. The fourth-order valence-corrected chi connectivity index (χ4v) is 3.94. The van der Waals surface area contributed by atoms with Crippen LogP contribution in [0.15, 0.2) is 78.9 Å². The first-order chi connectivity index (χ1) is 16.0. The number of aryl methyl sites for hydroxylation is 1. The van der Waals surface area contributed by atoms with Crippen LogP contribution in [0.25, 0.3) is 0 Å². The number of anilines is 2. The minimum Gasteiger partial charge on any atom is -0.348 e. The van der Waals surface area contributed by atoms with Crippen molar-refractivity contribution in [2.75, 3.05) is 16.8 Å². The Morgan fingerprint density at radius 3 is 2.33 bits per heavy atom. The number of nitrogens with zero attached hydrogens (tertiary/aromatic N) is 1. The Bertz CT molecular complexity index is 1140. The molecule has 0 radical (unpaired) electrons. The Hall–Kier alpha value is -3.93. The number of rotatable bonds is 7. The quantitative estimate of drug-likeness (QED) is 0.578. The molecule has 0 spiro atoms. The first-order valence-electron chi connectivity index (χ1n) is 11.2. The van der Waals surface area contributed by atoms with Crippen molar-refractivity contribution < 1.29 is 14.4 Å². The molecular formula is C27H27N3O3. The number of nitrogens with one attached hydrogen (secondary N) is 2. The van der Waals surface area contributed by atoms with Crippen LogP contribution in [0, 0.1) is 5.92 Å². The SMILES string of the molecule is CCc1ccc(N2CC(C(=O)Nc3ccccc3C(=O)NCc3ccccc3)CC2=O)cc1. The Morgan fingerprint density at radius 1 is 0.909 bits per heavy atom. The molecule has 168 valence electrons. The predicted octanol–water partition coefficient (Wildman–Crippen LogP) is 4.17. The molecule has 1 heterocycles. The number of carbonyl (C=O) groups is 3. The Balaban J connectivity index is 1.41. The summed E-state index contributed by atoms with van der Waals surface area (Å²) in [6.45, 7) is 2.79. The summed E-state index contributed by atoms with van der Waals surface area (Å²) in [5.74, 6) is -1.09. The molecule has 0 aromatic heterocycles. The van der Waals surface area contributed by atoms with E-state index in [9.17, 15) is 14.4 Å². The number of amides is 3. The second-order valence-corrected chi connectivity index (χ2v) is 8.13. The third-order valence-corrected chi connectivity index (χ3v) is 5.88. The van der Waals surface area contributed by atoms with Crippen molar-refractivity contribution in [3.8, 4) is 0 Å². The number of carbonyl (C=O) groups excluding carboxylic acids is 3. The molecule has 4 rings (SSSR count). The van der Waals surface area contributed by atoms with Crippen molar-refractivity contribution in [1.82, 2.24) is 5.32 Å². The molecule has 3 amide bonds. The fraction of sp³-hybridized carbons (Fsp3) is 0.222. The van der Waals surface area contributed by atoms with E-state index < -0.39 is 5.92 Å². The third-order valence-electron chi connectivity index (χ3n) is 5.88. The molecule has 1 unspecified atom stereocenters. The first-order valence-corrected chi connectivity index (χ1v) is 11.2. The highest BCUT2D eigenvalue weighted by atomic mass is 16.2. The number of benzene rings is 3. The molecule has 0 aliphatic carbocycles. The van der Waals surface area contributed by atoms with Gasteiger partial charge in [0.25, 0.3) is 5.91 Å². The summed E-state index contributed by atoms with van der Waals surface area (Å²) < 4.78 is 0.